The lowest BCUT2D eigenvalue weighted by atomic mass is 10.0. The van der Waals surface area contributed by atoms with Gasteiger partial charge in [-0.05, 0) is 67.1 Å². The standard InChI is InChI=1S/C22H24ClN3S/c23-16-7-8-21-18(13-16)17-9-12-25(14-22(17)27-21)10-3-4-11-26-15-24-19-5-1-2-6-20(19)26/h1-2,5-8,13,24H,3-4,9-12,14-15H2. The molecule has 3 aromatic rings. The average molecular weight is 398 g/mol. The molecule has 0 saturated heterocycles. The van der Waals surface area contributed by atoms with E-state index in [1.807, 2.05) is 17.4 Å². The summed E-state index contributed by atoms with van der Waals surface area (Å²) in [6.07, 6.45) is 3.64. The Hall–Kier alpha value is -1.75. The molecule has 0 saturated carbocycles. The summed E-state index contributed by atoms with van der Waals surface area (Å²) in [5.41, 5.74) is 4.16. The Bertz CT molecular complexity index is 967. The van der Waals surface area contributed by atoms with Crippen LogP contribution in [-0.2, 0) is 13.0 Å². The van der Waals surface area contributed by atoms with Crippen molar-refractivity contribution in [3.63, 3.8) is 0 Å². The van der Waals surface area contributed by atoms with E-state index in [0.717, 1.165) is 31.2 Å². The molecule has 2 aromatic carbocycles. The first kappa shape index (κ1) is 17.4. The summed E-state index contributed by atoms with van der Waals surface area (Å²) in [6.45, 7) is 5.53. The molecule has 0 radical (unpaired) electrons. The summed E-state index contributed by atoms with van der Waals surface area (Å²) in [5.74, 6) is 0. The van der Waals surface area contributed by atoms with Crippen molar-refractivity contribution in [1.29, 1.82) is 0 Å². The molecule has 0 fully saturated rings. The monoisotopic (exact) mass is 397 g/mol. The Morgan fingerprint density at radius 1 is 1.07 bits per heavy atom. The molecule has 0 aliphatic carbocycles. The summed E-state index contributed by atoms with van der Waals surface area (Å²) in [6, 6.07) is 14.9. The van der Waals surface area contributed by atoms with Gasteiger partial charge in [0.1, 0.15) is 0 Å². The van der Waals surface area contributed by atoms with E-state index in [4.69, 9.17) is 11.6 Å². The van der Waals surface area contributed by atoms with Crippen molar-refractivity contribution in [2.45, 2.75) is 25.8 Å². The van der Waals surface area contributed by atoms with Crippen molar-refractivity contribution in [3.8, 4) is 0 Å². The number of para-hydroxylation sites is 2. The van der Waals surface area contributed by atoms with Gasteiger partial charge in [0, 0.05) is 34.2 Å². The van der Waals surface area contributed by atoms with Crippen molar-refractivity contribution in [3.05, 3.63) is 57.9 Å². The van der Waals surface area contributed by atoms with Gasteiger partial charge in [-0.25, -0.2) is 0 Å². The third kappa shape index (κ3) is 3.42. The van der Waals surface area contributed by atoms with Gasteiger partial charge in [-0.2, -0.15) is 0 Å². The highest BCUT2D eigenvalue weighted by Gasteiger charge is 2.21. The molecular formula is C22H24ClN3S. The van der Waals surface area contributed by atoms with Gasteiger partial charge in [-0.1, -0.05) is 23.7 Å². The quantitative estimate of drug-likeness (QED) is 0.566. The molecule has 1 N–H and O–H groups in total. The second-order valence-electron chi connectivity index (χ2n) is 7.49. The normalized spacial score (nSPS) is 16.4. The molecule has 3 nitrogen and oxygen atoms in total. The maximum absolute atomic E-state index is 6.20. The van der Waals surface area contributed by atoms with Crippen molar-refractivity contribution in [1.82, 2.24) is 4.90 Å². The summed E-state index contributed by atoms with van der Waals surface area (Å²) in [5, 5.41) is 5.70. The first-order chi connectivity index (χ1) is 13.3. The Kier molecular flexibility index (Phi) is 4.72. The van der Waals surface area contributed by atoms with Crippen LogP contribution in [0.15, 0.2) is 42.5 Å². The summed E-state index contributed by atoms with van der Waals surface area (Å²) in [4.78, 5) is 6.62. The molecule has 0 atom stereocenters. The maximum Gasteiger partial charge on any atom is 0.0877 e. The fourth-order valence-corrected chi connectivity index (χ4v) is 5.77. The number of hydrogen-bond acceptors (Lipinski definition) is 4. The summed E-state index contributed by atoms with van der Waals surface area (Å²) >= 11 is 8.15. The third-order valence-corrected chi connectivity index (χ3v) is 7.17. The van der Waals surface area contributed by atoms with E-state index in [1.54, 1.807) is 0 Å². The van der Waals surface area contributed by atoms with Crippen LogP contribution in [0.5, 0.6) is 0 Å². The van der Waals surface area contributed by atoms with Crippen LogP contribution < -0.4 is 10.2 Å². The number of rotatable bonds is 5. The van der Waals surface area contributed by atoms with Crippen LogP contribution in [0.4, 0.5) is 11.4 Å². The van der Waals surface area contributed by atoms with Crippen molar-refractivity contribution >= 4 is 44.4 Å². The number of benzene rings is 2. The summed E-state index contributed by atoms with van der Waals surface area (Å²) < 4.78 is 1.38. The number of unbranched alkanes of at least 4 members (excludes halogenated alkanes) is 1. The molecule has 0 amide bonds. The first-order valence-electron chi connectivity index (χ1n) is 9.78. The predicted octanol–water partition coefficient (Wildman–Crippen LogP) is 5.58. The molecule has 0 spiro atoms. The molecule has 2 aliphatic rings. The van der Waals surface area contributed by atoms with Gasteiger partial charge in [0.15, 0.2) is 0 Å². The highest BCUT2D eigenvalue weighted by molar-refractivity contribution is 7.19. The van der Waals surface area contributed by atoms with E-state index in [9.17, 15) is 0 Å². The molecule has 27 heavy (non-hydrogen) atoms. The Balaban J connectivity index is 1.15. The zero-order valence-electron chi connectivity index (χ0n) is 15.4. The highest BCUT2D eigenvalue weighted by Crippen LogP contribution is 2.36. The molecular weight excluding hydrogens is 374 g/mol. The SMILES string of the molecule is Clc1ccc2sc3c(c2c1)CCN(CCCCN1CNc2ccccc21)C3. The van der Waals surface area contributed by atoms with Crippen LogP contribution in [0.1, 0.15) is 23.3 Å². The highest BCUT2D eigenvalue weighted by atomic mass is 35.5. The van der Waals surface area contributed by atoms with Crippen LogP contribution >= 0.6 is 22.9 Å². The van der Waals surface area contributed by atoms with Crippen molar-refractivity contribution in [2.24, 2.45) is 0 Å². The van der Waals surface area contributed by atoms with Gasteiger partial charge >= 0.3 is 0 Å². The number of halogens is 1. The van der Waals surface area contributed by atoms with Gasteiger partial charge < -0.3 is 10.2 Å². The predicted molar refractivity (Wildman–Crippen MR) is 117 cm³/mol. The minimum absolute atomic E-state index is 0.850. The summed E-state index contributed by atoms with van der Waals surface area (Å²) in [7, 11) is 0. The van der Waals surface area contributed by atoms with Crippen LogP contribution in [-0.4, -0.2) is 31.2 Å². The number of thiophene rings is 1. The first-order valence-corrected chi connectivity index (χ1v) is 11.0. The lowest BCUT2D eigenvalue weighted by molar-refractivity contribution is 0.253. The molecule has 2 aliphatic heterocycles. The lowest BCUT2D eigenvalue weighted by Crippen LogP contribution is -2.31. The molecule has 5 rings (SSSR count). The molecule has 1 aromatic heterocycles. The van der Waals surface area contributed by atoms with Crippen LogP contribution in [0, 0.1) is 0 Å². The number of anilines is 2. The number of hydrogen-bond donors (Lipinski definition) is 1. The van der Waals surface area contributed by atoms with Gasteiger partial charge in [0.2, 0.25) is 0 Å². The lowest BCUT2D eigenvalue weighted by Gasteiger charge is -2.27. The van der Waals surface area contributed by atoms with Gasteiger partial charge in [-0.15, -0.1) is 11.3 Å². The van der Waals surface area contributed by atoms with Crippen LogP contribution in [0.25, 0.3) is 10.1 Å². The third-order valence-electron chi connectivity index (χ3n) is 5.74. The molecule has 140 valence electrons. The Labute approximate surface area is 169 Å². The van der Waals surface area contributed by atoms with Gasteiger partial charge in [-0.3, -0.25) is 4.90 Å². The van der Waals surface area contributed by atoms with E-state index >= 15 is 0 Å². The second-order valence-corrected chi connectivity index (χ2v) is 9.07. The van der Waals surface area contributed by atoms with E-state index in [2.05, 4.69) is 51.5 Å². The Morgan fingerprint density at radius 2 is 1.96 bits per heavy atom. The fourth-order valence-electron chi connectivity index (χ4n) is 4.32. The fraction of sp³-hybridized carbons (Fsp3) is 0.364. The van der Waals surface area contributed by atoms with Crippen LogP contribution in [0.3, 0.4) is 0 Å². The van der Waals surface area contributed by atoms with E-state index < -0.39 is 0 Å². The zero-order chi connectivity index (χ0) is 18.2. The van der Waals surface area contributed by atoms with Gasteiger partial charge in [0.25, 0.3) is 0 Å². The zero-order valence-corrected chi connectivity index (χ0v) is 17.0. The van der Waals surface area contributed by atoms with E-state index in [1.165, 1.54) is 57.8 Å². The van der Waals surface area contributed by atoms with E-state index in [-0.39, 0.29) is 0 Å². The number of fused-ring (bicyclic) bond motifs is 4. The van der Waals surface area contributed by atoms with Crippen molar-refractivity contribution in [2.75, 3.05) is 36.5 Å². The smallest absolute Gasteiger partial charge is 0.0877 e. The molecule has 0 bridgehead atoms. The maximum atomic E-state index is 6.20. The molecule has 5 heteroatoms. The minimum atomic E-state index is 0.850. The second kappa shape index (κ2) is 7.34. The van der Waals surface area contributed by atoms with Gasteiger partial charge in [0.05, 0.1) is 18.0 Å². The van der Waals surface area contributed by atoms with E-state index in [0.29, 0.717) is 0 Å². The topological polar surface area (TPSA) is 18.5 Å². The largest absolute Gasteiger partial charge is 0.366 e. The molecule has 3 heterocycles. The van der Waals surface area contributed by atoms with Crippen LogP contribution in [0.2, 0.25) is 5.02 Å². The average Bonchev–Trinajstić information content (AvgIpc) is 3.26. The Morgan fingerprint density at radius 3 is 2.93 bits per heavy atom. The minimum Gasteiger partial charge on any atom is -0.366 e. The number of nitrogens with one attached hydrogen (secondary N) is 1. The molecule has 0 unspecified atom stereocenters. The number of nitrogens with zero attached hydrogens (tertiary/aromatic N) is 2. The van der Waals surface area contributed by atoms with Crippen molar-refractivity contribution < 1.29 is 0 Å².